The van der Waals surface area contributed by atoms with Crippen molar-refractivity contribution in [2.75, 3.05) is 5.32 Å². The molecule has 0 bridgehead atoms. The number of H-pyrrole nitrogens is 1. The van der Waals surface area contributed by atoms with Gasteiger partial charge in [0.1, 0.15) is 17.4 Å². The van der Waals surface area contributed by atoms with Crippen molar-refractivity contribution in [2.45, 2.75) is 26.9 Å². The van der Waals surface area contributed by atoms with Crippen LogP contribution in [0.2, 0.25) is 0 Å². The molecule has 0 aliphatic rings. The summed E-state index contributed by atoms with van der Waals surface area (Å²) in [7, 11) is 1.74. The first-order valence-electron chi connectivity index (χ1n) is 7.54. The number of ether oxygens (including phenoxy) is 1. The van der Waals surface area contributed by atoms with Crippen molar-refractivity contribution in [1.82, 2.24) is 29.7 Å². The maximum Gasteiger partial charge on any atom is 0.342 e. The maximum atomic E-state index is 12.3. The molecule has 3 aromatic heterocycles. The van der Waals surface area contributed by atoms with Crippen LogP contribution in [0.15, 0.2) is 12.7 Å². The number of aromatic nitrogens is 6. The minimum absolute atomic E-state index is 0.268. The molecule has 10 heteroatoms. The Bertz CT molecular complexity index is 959. The molecule has 1 amide bonds. The third-order valence-electron chi connectivity index (χ3n) is 3.83. The summed E-state index contributed by atoms with van der Waals surface area (Å²) in [6.07, 6.45) is 1.73. The van der Waals surface area contributed by atoms with E-state index in [0.29, 0.717) is 28.1 Å². The molecule has 0 saturated heterocycles. The van der Waals surface area contributed by atoms with E-state index in [1.54, 1.807) is 25.6 Å². The first-order chi connectivity index (χ1) is 11.9. The third-order valence-corrected chi connectivity index (χ3v) is 3.83. The molecule has 3 rings (SSSR count). The molecule has 0 spiro atoms. The number of fused-ring (bicyclic) bond motifs is 1. The van der Waals surface area contributed by atoms with Gasteiger partial charge in [0.2, 0.25) is 0 Å². The van der Waals surface area contributed by atoms with Crippen LogP contribution in [0.4, 0.5) is 5.82 Å². The topological polar surface area (TPSA) is 128 Å². The van der Waals surface area contributed by atoms with Crippen molar-refractivity contribution < 1.29 is 14.3 Å². The summed E-state index contributed by atoms with van der Waals surface area (Å²) in [5, 5.41) is 6.77. The van der Waals surface area contributed by atoms with Gasteiger partial charge in [0.25, 0.3) is 5.91 Å². The van der Waals surface area contributed by atoms with Crippen LogP contribution in [-0.2, 0) is 16.6 Å². The van der Waals surface area contributed by atoms with Crippen molar-refractivity contribution >= 4 is 28.9 Å². The Labute approximate surface area is 142 Å². The summed E-state index contributed by atoms with van der Waals surface area (Å²) in [5.74, 6) is -0.841. The van der Waals surface area contributed by atoms with Crippen LogP contribution in [0, 0.1) is 13.8 Å². The fraction of sp³-hybridized carbons (Fsp3) is 0.333. The number of hydrogen-bond acceptors (Lipinski definition) is 7. The Morgan fingerprint density at radius 3 is 2.72 bits per heavy atom. The number of anilines is 1. The summed E-state index contributed by atoms with van der Waals surface area (Å²) < 4.78 is 6.86. The van der Waals surface area contributed by atoms with Crippen LogP contribution >= 0.6 is 0 Å². The standard InChI is InChI=1S/C15H17N7O3/c1-7-10(8(2)22(4)21-7)15(24)25-9(3)14(23)20-13-11-12(17-5-16-11)18-6-19-13/h5-6,9H,1-4H3,(H2,16,17,18,19,20,23). The summed E-state index contributed by atoms with van der Waals surface area (Å²) in [6, 6.07) is 0. The SMILES string of the molecule is Cc1nn(C)c(C)c1C(=O)OC(C)C(=O)Nc1ncnc2nc[nH]c12. The predicted molar refractivity (Wildman–Crippen MR) is 87.9 cm³/mol. The molecule has 130 valence electrons. The minimum atomic E-state index is -1.01. The van der Waals surface area contributed by atoms with E-state index in [1.807, 2.05) is 0 Å². The van der Waals surface area contributed by atoms with Crippen molar-refractivity contribution in [3.63, 3.8) is 0 Å². The molecule has 1 atom stereocenters. The van der Waals surface area contributed by atoms with E-state index in [4.69, 9.17) is 4.74 Å². The van der Waals surface area contributed by atoms with Gasteiger partial charge in [-0.1, -0.05) is 0 Å². The summed E-state index contributed by atoms with van der Waals surface area (Å²) >= 11 is 0. The van der Waals surface area contributed by atoms with E-state index in [2.05, 4.69) is 30.4 Å². The van der Waals surface area contributed by atoms with E-state index >= 15 is 0 Å². The van der Waals surface area contributed by atoms with Crippen LogP contribution < -0.4 is 5.32 Å². The molecule has 3 aromatic rings. The molecule has 0 aromatic carbocycles. The molecular weight excluding hydrogens is 326 g/mol. The lowest BCUT2D eigenvalue weighted by Crippen LogP contribution is -2.30. The van der Waals surface area contributed by atoms with Crippen LogP contribution in [0.3, 0.4) is 0 Å². The van der Waals surface area contributed by atoms with Gasteiger partial charge >= 0.3 is 5.97 Å². The minimum Gasteiger partial charge on any atom is -0.449 e. The predicted octanol–water partition coefficient (Wildman–Crippen LogP) is 0.887. The molecule has 0 saturated carbocycles. The quantitative estimate of drug-likeness (QED) is 0.673. The number of imidazole rings is 1. The number of aromatic amines is 1. The fourth-order valence-electron chi connectivity index (χ4n) is 2.42. The second-order valence-corrected chi connectivity index (χ2v) is 5.53. The van der Waals surface area contributed by atoms with Crippen LogP contribution in [0.25, 0.3) is 11.2 Å². The highest BCUT2D eigenvalue weighted by Crippen LogP contribution is 2.17. The van der Waals surface area contributed by atoms with Crippen LogP contribution in [0.5, 0.6) is 0 Å². The van der Waals surface area contributed by atoms with E-state index in [1.165, 1.54) is 19.6 Å². The Morgan fingerprint density at radius 2 is 2.04 bits per heavy atom. The second kappa shape index (κ2) is 6.30. The van der Waals surface area contributed by atoms with Gasteiger partial charge in [0.05, 0.1) is 12.0 Å². The summed E-state index contributed by atoms with van der Waals surface area (Å²) in [5.41, 5.74) is 2.50. The van der Waals surface area contributed by atoms with Gasteiger partial charge in [0.15, 0.2) is 17.6 Å². The first-order valence-corrected chi connectivity index (χ1v) is 7.54. The zero-order valence-corrected chi connectivity index (χ0v) is 14.2. The average molecular weight is 343 g/mol. The smallest absolute Gasteiger partial charge is 0.342 e. The zero-order chi connectivity index (χ0) is 18.1. The average Bonchev–Trinajstić information content (AvgIpc) is 3.13. The highest BCUT2D eigenvalue weighted by Gasteiger charge is 2.24. The number of nitrogens with one attached hydrogen (secondary N) is 2. The van der Waals surface area contributed by atoms with Gasteiger partial charge < -0.3 is 15.0 Å². The van der Waals surface area contributed by atoms with Crippen LogP contribution in [0.1, 0.15) is 28.7 Å². The number of carbonyl (C=O) groups excluding carboxylic acids is 2. The number of esters is 1. The maximum absolute atomic E-state index is 12.3. The monoisotopic (exact) mass is 343 g/mol. The lowest BCUT2D eigenvalue weighted by atomic mass is 10.2. The molecule has 0 aliphatic carbocycles. The highest BCUT2D eigenvalue weighted by molar-refractivity contribution is 6.00. The van der Waals surface area contributed by atoms with Gasteiger partial charge in [-0.2, -0.15) is 5.10 Å². The summed E-state index contributed by atoms with van der Waals surface area (Å²) in [6.45, 7) is 4.96. The second-order valence-electron chi connectivity index (χ2n) is 5.53. The Hall–Kier alpha value is -3.30. The molecule has 1 unspecified atom stereocenters. The number of nitrogens with zero attached hydrogens (tertiary/aromatic N) is 5. The number of rotatable bonds is 4. The number of hydrogen-bond donors (Lipinski definition) is 2. The van der Waals surface area contributed by atoms with Gasteiger partial charge in [-0.25, -0.2) is 19.7 Å². The molecule has 2 N–H and O–H groups in total. The highest BCUT2D eigenvalue weighted by atomic mass is 16.5. The molecule has 10 nitrogen and oxygen atoms in total. The lowest BCUT2D eigenvalue weighted by Gasteiger charge is -2.13. The van der Waals surface area contributed by atoms with Crippen molar-refractivity contribution in [3.05, 3.63) is 29.6 Å². The molecule has 25 heavy (non-hydrogen) atoms. The largest absolute Gasteiger partial charge is 0.449 e. The van der Waals surface area contributed by atoms with Gasteiger partial charge in [0, 0.05) is 12.7 Å². The van der Waals surface area contributed by atoms with Crippen molar-refractivity contribution in [2.24, 2.45) is 7.05 Å². The molecule has 0 radical (unpaired) electrons. The van der Waals surface area contributed by atoms with E-state index in [9.17, 15) is 9.59 Å². The molecule has 0 fully saturated rings. The van der Waals surface area contributed by atoms with Gasteiger partial charge in [-0.3, -0.25) is 9.48 Å². The Morgan fingerprint density at radius 1 is 1.28 bits per heavy atom. The summed E-state index contributed by atoms with van der Waals surface area (Å²) in [4.78, 5) is 39.5. The Balaban J connectivity index is 1.72. The van der Waals surface area contributed by atoms with E-state index in [-0.39, 0.29) is 5.82 Å². The normalized spacial score (nSPS) is 12.2. The number of carbonyl (C=O) groups is 2. The molecule has 3 heterocycles. The third kappa shape index (κ3) is 3.05. The fourth-order valence-corrected chi connectivity index (χ4v) is 2.42. The number of aryl methyl sites for hydroxylation is 2. The number of amides is 1. The first kappa shape index (κ1) is 16.6. The molecular formula is C15H17N7O3. The van der Waals surface area contributed by atoms with Crippen molar-refractivity contribution in [3.8, 4) is 0 Å². The van der Waals surface area contributed by atoms with Crippen molar-refractivity contribution in [1.29, 1.82) is 0 Å². The van der Waals surface area contributed by atoms with Gasteiger partial charge in [-0.15, -0.1) is 0 Å². The van der Waals surface area contributed by atoms with E-state index < -0.39 is 18.0 Å². The lowest BCUT2D eigenvalue weighted by molar-refractivity contribution is -0.123. The van der Waals surface area contributed by atoms with E-state index in [0.717, 1.165) is 0 Å². The van der Waals surface area contributed by atoms with Gasteiger partial charge in [-0.05, 0) is 20.8 Å². The Kier molecular flexibility index (Phi) is 4.17. The zero-order valence-electron chi connectivity index (χ0n) is 14.2. The molecule has 0 aliphatic heterocycles. The van der Waals surface area contributed by atoms with Crippen LogP contribution in [-0.4, -0.2) is 47.7 Å².